The van der Waals surface area contributed by atoms with E-state index in [2.05, 4.69) is 49.2 Å². The van der Waals surface area contributed by atoms with Crippen molar-refractivity contribution in [3.05, 3.63) is 102 Å². The molecule has 0 fully saturated rings. The molecule has 0 saturated carbocycles. The summed E-state index contributed by atoms with van der Waals surface area (Å²) < 4.78 is 15.1. The summed E-state index contributed by atoms with van der Waals surface area (Å²) in [5.41, 5.74) is 7.31. The van der Waals surface area contributed by atoms with Crippen molar-refractivity contribution in [3.63, 3.8) is 0 Å². The molecule has 4 rings (SSSR count). The molecule has 0 aliphatic heterocycles. The smallest absolute Gasteiger partial charge is 0.243 e. The third-order valence-electron chi connectivity index (χ3n) is 7.69. The average molecular weight is 510 g/mol. The summed E-state index contributed by atoms with van der Waals surface area (Å²) in [7, 11) is 0. The van der Waals surface area contributed by atoms with E-state index >= 15 is 4.39 Å². The third kappa shape index (κ3) is 7.54. The number of hydrogen-bond donors (Lipinski definition) is 1. The number of carbonyl (C=O) groups is 1. The second-order valence-electron chi connectivity index (χ2n) is 10.4. The highest BCUT2D eigenvalue weighted by molar-refractivity contribution is 5.86. The molecule has 1 aliphatic carbocycles. The van der Waals surface area contributed by atoms with Crippen LogP contribution < -0.4 is 5.32 Å². The van der Waals surface area contributed by atoms with Crippen LogP contribution in [0.2, 0.25) is 0 Å². The molecular formula is C35H40FNO. The number of nitrogens with one attached hydrogen (secondary N) is 1. The van der Waals surface area contributed by atoms with Gasteiger partial charge in [0.05, 0.1) is 0 Å². The molecule has 0 bridgehead atoms. The second kappa shape index (κ2) is 13.9. The molecule has 3 aromatic rings. The molecule has 1 amide bonds. The van der Waals surface area contributed by atoms with Gasteiger partial charge in [-0.2, -0.15) is 0 Å². The van der Waals surface area contributed by atoms with Crippen LogP contribution in [0.25, 0.3) is 27.8 Å². The summed E-state index contributed by atoms with van der Waals surface area (Å²) in [6.07, 6.45) is 14.4. The first-order chi connectivity index (χ1) is 18.6. The van der Waals surface area contributed by atoms with Gasteiger partial charge in [-0.3, -0.25) is 4.79 Å². The predicted molar refractivity (Wildman–Crippen MR) is 158 cm³/mol. The van der Waals surface area contributed by atoms with Crippen LogP contribution in [0.15, 0.2) is 85.5 Å². The maximum Gasteiger partial charge on any atom is 0.243 e. The molecule has 0 radical (unpaired) electrons. The summed E-state index contributed by atoms with van der Waals surface area (Å²) in [4.78, 5) is 11.2. The van der Waals surface area contributed by atoms with Crippen molar-refractivity contribution in [1.29, 1.82) is 0 Å². The van der Waals surface area contributed by atoms with E-state index in [9.17, 15) is 4.79 Å². The Morgan fingerprint density at radius 3 is 2.32 bits per heavy atom. The number of amides is 1. The van der Waals surface area contributed by atoms with Gasteiger partial charge in [-0.25, -0.2) is 4.39 Å². The third-order valence-corrected chi connectivity index (χ3v) is 7.69. The van der Waals surface area contributed by atoms with Gasteiger partial charge in [0.25, 0.3) is 0 Å². The summed E-state index contributed by atoms with van der Waals surface area (Å²) in [5.74, 6) is 0.484. The van der Waals surface area contributed by atoms with Crippen molar-refractivity contribution >= 4 is 11.5 Å². The van der Waals surface area contributed by atoms with E-state index < -0.39 is 0 Å². The van der Waals surface area contributed by atoms with Crippen molar-refractivity contribution in [2.75, 3.05) is 6.54 Å². The van der Waals surface area contributed by atoms with Gasteiger partial charge in [-0.05, 0) is 83.6 Å². The molecule has 2 nitrogen and oxygen atoms in total. The SMILES string of the molecule is C=CC(=O)NCCCc1ccc(-c2ccc(-c3ccc(C4=CCC(CCCCC)CC4)cc3)cc2F)cc1. The zero-order valence-electron chi connectivity index (χ0n) is 22.6. The van der Waals surface area contributed by atoms with Gasteiger partial charge in [0.15, 0.2) is 0 Å². The minimum Gasteiger partial charge on any atom is -0.353 e. The van der Waals surface area contributed by atoms with Gasteiger partial charge in [0.1, 0.15) is 5.82 Å². The van der Waals surface area contributed by atoms with E-state index in [-0.39, 0.29) is 11.7 Å². The first-order valence-corrected chi connectivity index (χ1v) is 14.2. The van der Waals surface area contributed by atoms with Crippen molar-refractivity contribution in [3.8, 4) is 22.3 Å². The Balaban J connectivity index is 1.35. The first kappa shape index (κ1) is 27.6. The van der Waals surface area contributed by atoms with E-state index in [1.807, 2.05) is 36.4 Å². The van der Waals surface area contributed by atoms with Crippen LogP contribution >= 0.6 is 0 Å². The highest BCUT2D eigenvalue weighted by Gasteiger charge is 2.15. The monoisotopic (exact) mass is 509 g/mol. The highest BCUT2D eigenvalue weighted by atomic mass is 19.1. The number of allylic oxidation sites excluding steroid dienone is 2. The van der Waals surface area contributed by atoms with Crippen LogP contribution in [-0.4, -0.2) is 12.5 Å². The second-order valence-corrected chi connectivity index (χ2v) is 10.4. The zero-order chi connectivity index (χ0) is 26.7. The Morgan fingerprint density at radius 2 is 1.66 bits per heavy atom. The minimum atomic E-state index is -0.212. The molecule has 0 saturated heterocycles. The molecule has 3 aromatic carbocycles. The molecule has 1 aliphatic rings. The maximum absolute atomic E-state index is 15.1. The van der Waals surface area contributed by atoms with Crippen molar-refractivity contribution in [2.45, 2.75) is 64.7 Å². The molecular weight excluding hydrogens is 469 g/mol. The normalized spacial score (nSPS) is 15.1. The van der Waals surface area contributed by atoms with Gasteiger partial charge < -0.3 is 5.32 Å². The fourth-order valence-electron chi connectivity index (χ4n) is 5.33. The lowest BCUT2D eigenvalue weighted by atomic mass is 9.83. The number of unbranched alkanes of at least 4 members (excludes halogenated alkanes) is 2. The van der Waals surface area contributed by atoms with Crippen LogP contribution in [0.3, 0.4) is 0 Å². The van der Waals surface area contributed by atoms with Crippen LogP contribution in [0.4, 0.5) is 4.39 Å². The van der Waals surface area contributed by atoms with Gasteiger partial charge in [0.2, 0.25) is 5.91 Å². The Labute approximate surface area is 227 Å². The number of carbonyl (C=O) groups excluding carboxylic acids is 1. The molecule has 3 heteroatoms. The van der Waals surface area contributed by atoms with E-state index in [1.165, 1.54) is 61.3 Å². The molecule has 0 spiro atoms. The van der Waals surface area contributed by atoms with Crippen LogP contribution in [-0.2, 0) is 11.2 Å². The Hall–Kier alpha value is -3.46. The number of halogens is 1. The minimum absolute atomic E-state index is 0.150. The van der Waals surface area contributed by atoms with Crippen molar-refractivity contribution in [1.82, 2.24) is 5.32 Å². The fourth-order valence-corrected chi connectivity index (χ4v) is 5.33. The molecule has 38 heavy (non-hydrogen) atoms. The topological polar surface area (TPSA) is 29.1 Å². The number of hydrogen-bond acceptors (Lipinski definition) is 1. The van der Waals surface area contributed by atoms with Crippen LogP contribution in [0.1, 0.15) is 69.4 Å². The molecule has 1 N–H and O–H groups in total. The number of rotatable bonds is 12. The van der Waals surface area contributed by atoms with Gasteiger partial charge >= 0.3 is 0 Å². The lowest BCUT2D eigenvalue weighted by molar-refractivity contribution is -0.116. The Bertz CT molecular complexity index is 1240. The van der Waals surface area contributed by atoms with Crippen LogP contribution in [0, 0.1) is 11.7 Å². The standard InChI is InChI=1S/C35H40FNO/c1-3-5-6-8-26-10-14-28(15-11-26)29-18-20-30(21-19-29)32-22-23-33(34(36)25-32)31-16-12-27(13-17-31)9-7-24-37-35(38)4-2/h4,12-14,16-23,25-26H,2-3,5-11,15,24H2,1H3,(H,37,38). The highest BCUT2D eigenvalue weighted by Crippen LogP contribution is 2.34. The van der Waals surface area contributed by atoms with Crippen molar-refractivity contribution < 1.29 is 9.18 Å². The molecule has 198 valence electrons. The van der Waals surface area contributed by atoms with Gasteiger partial charge in [0, 0.05) is 12.1 Å². The first-order valence-electron chi connectivity index (χ1n) is 14.2. The molecule has 0 heterocycles. The van der Waals surface area contributed by atoms with E-state index in [4.69, 9.17) is 0 Å². The Morgan fingerprint density at radius 1 is 0.947 bits per heavy atom. The van der Waals surface area contributed by atoms with Gasteiger partial charge in [-0.15, -0.1) is 0 Å². The molecule has 1 unspecified atom stereocenters. The quantitative estimate of drug-likeness (QED) is 0.191. The lowest BCUT2D eigenvalue weighted by Crippen LogP contribution is -2.22. The van der Waals surface area contributed by atoms with Crippen LogP contribution in [0.5, 0.6) is 0 Å². The largest absolute Gasteiger partial charge is 0.353 e. The number of aryl methyl sites for hydroxylation is 1. The molecule has 1 atom stereocenters. The summed E-state index contributed by atoms with van der Waals surface area (Å²) in [5, 5.41) is 2.79. The molecule has 0 aromatic heterocycles. The van der Waals surface area contributed by atoms with Crippen molar-refractivity contribution in [2.24, 2.45) is 5.92 Å². The zero-order valence-corrected chi connectivity index (χ0v) is 22.6. The average Bonchev–Trinajstić information content (AvgIpc) is 2.96. The van der Waals surface area contributed by atoms with E-state index in [0.717, 1.165) is 41.9 Å². The Kier molecular flexibility index (Phi) is 10.1. The number of benzene rings is 3. The summed E-state index contributed by atoms with van der Waals surface area (Å²) in [6, 6.07) is 22.1. The summed E-state index contributed by atoms with van der Waals surface area (Å²) in [6.45, 7) is 6.33. The van der Waals surface area contributed by atoms with E-state index in [1.54, 1.807) is 6.07 Å². The predicted octanol–water partition coefficient (Wildman–Crippen LogP) is 9.16. The van der Waals surface area contributed by atoms with Gasteiger partial charge in [-0.1, -0.05) is 106 Å². The summed E-state index contributed by atoms with van der Waals surface area (Å²) >= 11 is 0. The maximum atomic E-state index is 15.1. The lowest BCUT2D eigenvalue weighted by Gasteiger charge is -2.22. The van der Waals surface area contributed by atoms with E-state index in [0.29, 0.717) is 12.1 Å². The fraction of sp³-hybridized carbons (Fsp3) is 0.343.